The lowest BCUT2D eigenvalue weighted by atomic mass is 9.98. The molecule has 3 rings (SSSR count). The molecule has 1 saturated heterocycles. The first kappa shape index (κ1) is 19.4. The number of amides is 2. The number of carbonyl (C=O) groups excluding carboxylic acids is 1. The minimum absolute atomic E-state index is 0.0954. The van der Waals surface area contributed by atoms with Gasteiger partial charge in [0.15, 0.2) is 0 Å². The second-order valence-corrected chi connectivity index (χ2v) is 8.30. The summed E-state index contributed by atoms with van der Waals surface area (Å²) in [4.78, 5) is 15.2. The van der Waals surface area contributed by atoms with Gasteiger partial charge in [-0.25, -0.2) is 4.79 Å². The van der Waals surface area contributed by atoms with Crippen molar-refractivity contribution in [2.45, 2.75) is 51.2 Å². The lowest BCUT2D eigenvalue weighted by Crippen LogP contribution is -2.52. The fourth-order valence-electron chi connectivity index (χ4n) is 3.70. The van der Waals surface area contributed by atoms with E-state index in [0.717, 1.165) is 37.1 Å². The summed E-state index contributed by atoms with van der Waals surface area (Å²) in [5.41, 5.74) is 2.36. The summed E-state index contributed by atoms with van der Waals surface area (Å²) in [6.07, 6.45) is 1.98. The van der Waals surface area contributed by atoms with E-state index in [9.17, 15) is 4.79 Å². The summed E-state index contributed by atoms with van der Waals surface area (Å²) in [6, 6.07) is 20.2. The maximum Gasteiger partial charge on any atom is 0.315 e. The first-order valence-corrected chi connectivity index (χ1v) is 9.85. The largest absolute Gasteiger partial charge is 0.335 e. The maximum atomic E-state index is 12.7. The van der Waals surface area contributed by atoms with Crippen molar-refractivity contribution < 1.29 is 4.79 Å². The fourth-order valence-corrected chi connectivity index (χ4v) is 3.70. The van der Waals surface area contributed by atoms with Crippen molar-refractivity contribution >= 4 is 6.03 Å². The number of nitrogens with zero attached hydrogens (tertiary/aromatic N) is 1. The second kappa shape index (κ2) is 8.57. The van der Waals surface area contributed by atoms with Gasteiger partial charge >= 0.3 is 6.03 Å². The van der Waals surface area contributed by atoms with Crippen molar-refractivity contribution in [1.29, 1.82) is 0 Å². The third kappa shape index (κ3) is 5.33. The number of nitrogens with one attached hydrogen (secondary N) is 2. The summed E-state index contributed by atoms with van der Waals surface area (Å²) in [5, 5.41) is 6.36. The van der Waals surface area contributed by atoms with Gasteiger partial charge in [0.2, 0.25) is 0 Å². The lowest BCUT2D eigenvalue weighted by Gasteiger charge is -2.41. The molecule has 1 fully saturated rings. The van der Waals surface area contributed by atoms with Crippen LogP contribution in [0.2, 0.25) is 0 Å². The number of benzene rings is 2. The monoisotopic (exact) mass is 365 g/mol. The molecule has 0 spiro atoms. The second-order valence-electron chi connectivity index (χ2n) is 8.30. The minimum Gasteiger partial charge on any atom is -0.335 e. The van der Waals surface area contributed by atoms with Crippen LogP contribution in [0.1, 0.15) is 50.8 Å². The normalized spacial score (nSPS) is 16.3. The Morgan fingerprint density at radius 3 is 1.85 bits per heavy atom. The summed E-state index contributed by atoms with van der Waals surface area (Å²) in [6.45, 7) is 8.79. The fraction of sp³-hybridized carbons (Fsp3) is 0.435. The molecule has 0 atom stereocenters. The van der Waals surface area contributed by atoms with Crippen LogP contribution >= 0.6 is 0 Å². The number of hydrogen-bond donors (Lipinski definition) is 2. The van der Waals surface area contributed by atoms with Crippen molar-refractivity contribution in [3.63, 3.8) is 0 Å². The van der Waals surface area contributed by atoms with Crippen molar-refractivity contribution in [1.82, 2.24) is 15.5 Å². The number of hydrogen-bond acceptors (Lipinski definition) is 2. The van der Waals surface area contributed by atoms with Gasteiger partial charge in [0.25, 0.3) is 0 Å². The molecule has 2 aromatic carbocycles. The van der Waals surface area contributed by atoms with Crippen molar-refractivity contribution in [3.05, 3.63) is 71.8 Å². The molecule has 0 aromatic heterocycles. The van der Waals surface area contributed by atoms with Gasteiger partial charge in [0, 0.05) is 24.7 Å². The predicted octanol–water partition coefficient (Wildman–Crippen LogP) is 4.34. The van der Waals surface area contributed by atoms with Gasteiger partial charge in [-0.2, -0.15) is 0 Å². The first-order valence-electron chi connectivity index (χ1n) is 9.85. The quantitative estimate of drug-likeness (QED) is 0.847. The zero-order valence-corrected chi connectivity index (χ0v) is 16.6. The van der Waals surface area contributed by atoms with Crippen LogP contribution in [-0.4, -0.2) is 35.6 Å². The lowest BCUT2D eigenvalue weighted by molar-refractivity contribution is 0.0977. The molecule has 27 heavy (non-hydrogen) atoms. The summed E-state index contributed by atoms with van der Waals surface area (Å²) >= 11 is 0. The first-order chi connectivity index (χ1) is 12.9. The molecule has 1 heterocycles. The van der Waals surface area contributed by atoms with Gasteiger partial charge in [-0.1, -0.05) is 60.7 Å². The molecule has 0 bridgehead atoms. The van der Waals surface area contributed by atoms with Crippen LogP contribution in [0.4, 0.5) is 4.79 Å². The van der Waals surface area contributed by atoms with Crippen LogP contribution in [0.25, 0.3) is 0 Å². The van der Waals surface area contributed by atoms with Gasteiger partial charge in [0.1, 0.15) is 0 Å². The highest BCUT2D eigenvalue weighted by Gasteiger charge is 2.28. The average molecular weight is 366 g/mol. The molecule has 4 heteroatoms. The standard InChI is InChI=1S/C23H31N3O/c1-23(2,3)26-16-14-20(15-17-26)24-22(27)25-21(18-10-6-4-7-11-18)19-12-8-5-9-13-19/h4-13,20-21H,14-17H2,1-3H3,(H2,24,25,27). The Labute approximate surface area is 163 Å². The molecule has 0 aliphatic carbocycles. The Kier molecular flexibility index (Phi) is 6.17. The highest BCUT2D eigenvalue weighted by Crippen LogP contribution is 2.22. The Hall–Kier alpha value is -2.33. The van der Waals surface area contributed by atoms with E-state index in [4.69, 9.17) is 0 Å². The van der Waals surface area contributed by atoms with Crippen molar-refractivity contribution in [2.75, 3.05) is 13.1 Å². The highest BCUT2D eigenvalue weighted by molar-refractivity contribution is 5.75. The number of carbonyl (C=O) groups is 1. The molecular formula is C23H31N3O. The molecule has 0 unspecified atom stereocenters. The number of urea groups is 1. The van der Waals surface area contributed by atoms with E-state index in [1.807, 2.05) is 36.4 Å². The molecular weight excluding hydrogens is 334 g/mol. The van der Waals surface area contributed by atoms with Crippen LogP contribution < -0.4 is 10.6 Å². The van der Waals surface area contributed by atoms with Crippen molar-refractivity contribution in [3.8, 4) is 0 Å². The molecule has 1 aliphatic rings. The Morgan fingerprint density at radius 2 is 1.41 bits per heavy atom. The maximum absolute atomic E-state index is 12.7. The Bertz CT molecular complexity index is 677. The number of rotatable bonds is 4. The Balaban J connectivity index is 1.62. The number of likely N-dealkylation sites (tertiary alicyclic amines) is 1. The van der Waals surface area contributed by atoms with Crippen LogP contribution in [0.3, 0.4) is 0 Å². The van der Waals surface area contributed by atoms with E-state index in [1.165, 1.54) is 0 Å². The smallest absolute Gasteiger partial charge is 0.315 e. The third-order valence-electron chi connectivity index (χ3n) is 5.32. The summed E-state index contributed by atoms with van der Waals surface area (Å²) < 4.78 is 0. The van der Waals surface area contributed by atoms with Crippen LogP contribution in [-0.2, 0) is 0 Å². The van der Waals surface area contributed by atoms with E-state index in [-0.39, 0.29) is 23.7 Å². The van der Waals surface area contributed by atoms with Gasteiger partial charge in [0.05, 0.1) is 6.04 Å². The molecule has 0 radical (unpaired) electrons. The van der Waals surface area contributed by atoms with Gasteiger partial charge in [-0.3, -0.25) is 4.90 Å². The predicted molar refractivity (Wildman–Crippen MR) is 111 cm³/mol. The van der Waals surface area contributed by atoms with E-state index in [2.05, 4.69) is 60.6 Å². The SMILES string of the molecule is CC(C)(C)N1CCC(NC(=O)NC(c2ccccc2)c2ccccc2)CC1. The third-order valence-corrected chi connectivity index (χ3v) is 5.32. The van der Waals surface area contributed by atoms with Crippen molar-refractivity contribution in [2.24, 2.45) is 0 Å². The van der Waals surface area contributed by atoms with Crippen LogP contribution in [0.15, 0.2) is 60.7 Å². The van der Waals surface area contributed by atoms with E-state index in [0.29, 0.717) is 0 Å². The van der Waals surface area contributed by atoms with Gasteiger partial charge in [-0.15, -0.1) is 0 Å². The highest BCUT2D eigenvalue weighted by atomic mass is 16.2. The molecule has 0 saturated carbocycles. The van der Waals surface area contributed by atoms with E-state index in [1.54, 1.807) is 0 Å². The summed E-state index contributed by atoms with van der Waals surface area (Å²) in [7, 11) is 0. The topological polar surface area (TPSA) is 44.4 Å². The molecule has 4 nitrogen and oxygen atoms in total. The molecule has 1 aliphatic heterocycles. The zero-order valence-electron chi connectivity index (χ0n) is 16.6. The number of piperidine rings is 1. The van der Waals surface area contributed by atoms with Crippen LogP contribution in [0, 0.1) is 0 Å². The van der Waals surface area contributed by atoms with E-state index >= 15 is 0 Å². The minimum atomic E-state index is -0.151. The zero-order chi connectivity index (χ0) is 19.3. The molecule has 2 N–H and O–H groups in total. The van der Waals surface area contributed by atoms with Gasteiger partial charge in [-0.05, 0) is 44.7 Å². The molecule has 2 amide bonds. The molecule has 2 aromatic rings. The van der Waals surface area contributed by atoms with Crippen LogP contribution in [0.5, 0.6) is 0 Å². The Morgan fingerprint density at radius 1 is 0.926 bits per heavy atom. The van der Waals surface area contributed by atoms with E-state index < -0.39 is 0 Å². The average Bonchev–Trinajstić information content (AvgIpc) is 2.67. The molecule has 144 valence electrons. The summed E-state index contributed by atoms with van der Waals surface area (Å²) in [5.74, 6) is 0. The van der Waals surface area contributed by atoms with Gasteiger partial charge < -0.3 is 10.6 Å².